The monoisotopic (exact) mass is 505 g/mol. The van der Waals surface area contributed by atoms with E-state index in [0.29, 0.717) is 68.3 Å². The van der Waals surface area contributed by atoms with Crippen molar-refractivity contribution in [2.45, 2.75) is 11.4 Å². The molecule has 0 spiro atoms. The van der Waals surface area contributed by atoms with E-state index in [1.807, 2.05) is 4.90 Å². The Balaban J connectivity index is 1.15. The van der Waals surface area contributed by atoms with Crippen molar-refractivity contribution in [3.05, 3.63) is 42.1 Å². The summed E-state index contributed by atoms with van der Waals surface area (Å²) in [5.41, 5.74) is 6.34. The van der Waals surface area contributed by atoms with Crippen LogP contribution in [0.5, 0.6) is 0 Å². The van der Waals surface area contributed by atoms with Gasteiger partial charge in [0.2, 0.25) is 17.7 Å². The molecule has 3 N–H and O–H groups in total. The molecule has 1 aliphatic carbocycles. The molecular weight excluding hydrogens is 480 g/mol. The number of rotatable bonds is 7. The molecule has 3 aromatic heterocycles. The molecule has 0 bridgehead atoms. The molecule has 35 heavy (non-hydrogen) atoms. The van der Waals surface area contributed by atoms with E-state index in [0.717, 1.165) is 6.08 Å². The van der Waals surface area contributed by atoms with E-state index < -0.39 is 28.0 Å². The van der Waals surface area contributed by atoms with Crippen LogP contribution in [0.2, 0.25) is 0 Å². The van der Waals surface area contributed by atoms with Crippen LogP contribution < -0.4 is 11.1 Å². The molecule has 5 rings (SSSR count). The Morgan fingerprint density at radius 1 is 1.23 bits per heavy atom. The van der Waals surface area contributed by atoms with Gasteiger partial charge in [0.25, 0.3) is 5.78 Å². The van der Waals surface area contributed by atoms with Crippen LogP contribution >= 0.6 is 0 Å². The third-order valence-electron chi connectivity index (χ3n) is 5.97. The van der Waals surface area contributed by atoms with Crippen LogP contribution in [-0.2, 0) is 10.8 Å². The van der Waals surface area contributed by atoms with Crippen molar-refractivity contribution < 1.29 is 17.4 Å². The number of halogens is 2. The van der Waals surface area contributed by atoms with Crippen LogP contribution in [0, 0.1) is 0 Å². The van der Waals surface area contributed by atoms with Crippen molar-refractivity contribution in [3.63, 3.8) is 0 Å². The Kier molecular flexibility index (Phi) is 6.47. The number of furan rings is 1. The van der Waals surface area contributed by atoms with Gasteiger partial charge in [-0.15, -0.1) is 5.10 Å². The molecule has 0 aromatic carbocycles. The summed E-state index contributed by atoms with van der Waals surface area (Å²) < 4.78 is 46.8. The molecule has 1 saturated heterocycles. The maximum atomic E-state index is 14.4. The lowest BCUT2D eigenvalue weighted by Crippen LogP contribution is -2.48. The number of allylic oxidation sites excluding steroid dienone is 2. The standard InChI is InChI=1S/C21H25F2N9O2S/c1-35(33)17-12-15(13(22)11-14(17)23)31-8-6-30(7-9-31)5-4-25-20-27-19(24)32-21(28-20)26-18(29-32)16-3-2-10-34-16/h2-3,10-12,14,17H,4-9H2,1H3,(H3,24,25,26,27,28,29)/t14?,17?,35-/m1/s1. The van der Waals surface area contributed by atoms with Crippen LogP contribution in [0.1, 0.15) is 0 Å². The molecular formula is C21H25F2N9O2S. The Bertz CT molecular complexity index is 1290. The highest BCUT2D eigenvalue weighted by Crippen LogP contribution is 2.28. The minimum absolute atomic E-state index is 0.147. The maximum Gasteiger partial charge on any atom is 0.259 e. The molecule has 3 atom stereocenters. The smallest absolute Gasteiger partial charge is 0.259 e. The second kappa shape index (κ2) is 9.70. The number of piperazine rings is 1. The summed E-state index contributed by atoms with van der Waals surface area (Å²) in [6.07, 6.45) is 3.79. The number of alkyl halides is 1. The number of nitrogens with one attached hydrogen (secondary N) is 1. The predicted molar refractivity (Wildman–Crippen MR) is 127 cm³/mol. The molecule has 0 radical (unpaired) electrons. The third kappa shape index (κ3) is 4.89. The second-order valence-electron chi connectivity index (χ2n) is 8.26. The van der Waals surface area contributed by atoms with Crippen molar-refractivity contribution in [3.8, 4) is 11.6 Å². The first-order valence-electron chi connectivity index (χ1n) is 11.1. The zero-order valence-electron chi connectivity index (χ0n) is 19.0. The second-order valence-corrected chi connectivity index (χ2v) is 9.80. The van der Waals surface area contributed by atoms with Crippen LogP contribution in [0.4, 0.5) is 20.7 Å². The van der Waals surface area contributed by atoms with Gasteiger partial charge in [-0.2, -0.15) is 19.5 Å². The highest BCUT2D eigenvalue weighted by atomic mass is 32.2. The van der Waals surface area contributed by atoms with E-state index in [9.17, 15) is 13.0 Å². The fraction of sp³-hybridized carbons (Fsp3) is 0.429. The number of aromatic nitrogens is 5. The number of nitrogens with zero attached hydrogens (tertiary/aromatic N) is 7. The molecule has 1 fully saturated rings. The number of fused-ring (bicyclic) bond motifs is 1. The molecule has 3 aromatic rings. The Morgan fingerprint density at radius 3 is 2.74 bits per heavy atom. The minimum Gasteiger partial charge on any atom is -0.461 e. The molecule has 0 saturated carbocycles. The topological polar surface area (TPSA) is 131 Å². The van der Waals surface area contributed by atoms with E-state index in [-0.39, 0.29) is 5.95 Å². The quantitative estimate of drug-likeness (QED) is 0.483. The number of nitrogen functional groups attached to an aromatic ring is 1. The van der Waals surface area contributed by atoms with Gasteiger partial charge in [-0.1, -0.05) is 0 Å². The van der Waals surface area contributed by atoms with Gasteiger partial charge in [0.1, 0.15) is 12.0 Å². The average Bonchev–Trinajstić information content (AvgIpc) is 3.50. The Labute approximate surface area is 202 Å². The van der Waals surface area contributed by atoms with Gasteiger partial charge in [0, 0.05) is 56.3 Å². The molecule has 4 heterocycles. The van der Waals surface area contributed by atoms with E-state index in [1.54, 1.807) is 12.1 Å². The first-order valence-corrected chi connectivity index (χ1v) is 12.7. The fourth-order valence-corrected chi connectivity index (χ4v) is 4.88. The number of hydrogen-bond acceptors (Lipinski definition) is 10. The SMILES string of the molecule is C[S@@](=O)C1C=C(N2CCN(CCNc3nc(N)n4nc(-c5ccco5)nc4n3)CC2)C(F)=CC1F. The van der Waals surface area contributed by atoms with E-state index >= 15 is 0 Å². The normalized spacial score (nSPS) is 22.2. The summed E-state index contributed by atoms with van der Waals surface area (Å²) in [5, 5.41) is 6.60. The summed E-state index contributed by atoms with van der Waals surface area (Å²) in [6.45, 7) is 3.83. The van der Waals surface area contributed by atoms with Gasteiger partial charge in [-0.25, -0.2) is 8.78 Å². The largest absolute Gasteiger partial charge is 0.461 e. The average molecular weight is 506 g/mol. The molecule has 186 valence electrons. The van der Waals surface area contributed by atoms with Crippen molar-refractivity contribution in [1.29, 1.82) is 0 Å². The molecule has 14 heteroatoms. The molecule has 1 aliphatic heterocycles. The lowest BCUT2D eigenvalue weighted by atomic mass is 10.1. The van der Waals surface area contributed by atoms with Gasteiger partial charge in [-0.05, 0) is 24.3 Å². The van der Waals surface area contributed by atoms with Crippen LogP contribution in [-0.4, -0.2) is 95.5 Å². The third-order valence-corrected chi connectivity index (χ3v) is 7.13. The number of nitrogens with two attached hydrogens (primary N) is 1. The predicted octanol–water partition coefficient (Wildman–Crippen LogP) is 1.23. The first kappa shape index (κ1) is 23.4. The van der Waals surface area contributed by atoms with E-state index in [2.05, 4.69) is 30.3 Å². The maximum absolute atomic E-state index is 14.4. The molecule has 2 unspecified atom stereocenters. The minimum atomic E-state index is -1.57. The van der Waals surface area contributed by atoms with Crippen LogP contribution in [0.25, 0.3) is 17.4 Å². The summed E-state index contributed by atoms with van der Waals surface area (Å²) in [7, 11) is -1.41. The molecule has 2 aliphatic rings. The van der Waals surface area contributed by atoms with Crippen LogP contribution in [0.15, 0.2) is 46.5 Å². The summed E-state index contributed by atoms with van der Waals surface area (Å²) in [5.74, 6) is 1.07. The van der Waals surface area contributed by atoms with Crippen LogP contribution in [0.3, 0.4) is 0 Å². The molecule has 11 nitrogen and oxygen atoms in total. The fourth-order valence-electron chi connectivity index (χ4n) is 4.12. The van der Waals surface area contributed by atoms with Crippen molar-refractivity contribution in [2.24, 2.45) is 0 Å². The highest BCUT2D eigenvalue weighted by Gasteiger charge is 2.31. The molecule has 0 amide bonds. The van der Waals surface area contributed by atoms with E-state index in [4.69, 9.17) is 10.2 Å². The van der Waals surface area contributed by atoms with Crippen molar-refractivity contribution >= 4 is 28.5 Å². The Hall–Kier alpha value is -3.39. The zero-order valence-corrected chi connectivity index (χ0v) is 19.8. The van der Waals surface area contributed by atoms with Gasteiger partial charge in [0.05, 0.1) is 17.2 Å². The summed E-state index contributed by atoms with van der Waals surface area (Å²) in [6, 6.07) is 3.49. The Morgan fingerprint density at radius 2 is 2.03 bits per heavy atom. The zero-order chi connectivity index (χ0) is 24.5. The lowest BCUT2D eigenvalue weighted by Gasteiger charge is -2.38. The first-order chi connectivity index (χ1) is 16.9. The van der Waals surface area contributed by atoms with Gasteiger partial charge in [-0.3, -0.25) is 9.11 Å². The summed E-state index contributed by atoms with van der Waals surface area (Å²) in [4.78, 5) is 17.0. The van der Waals surface area contributed by atoms with Crippen molar-refractivity contribution in [2.75, 3.05) is 56.6 Å². The van der Waals surface area contributed by atoms with Crippen molar-refractivity contribution in [1.82, 2.24) is 34.4 Å². The lowest BCUT2D eigenvalue weighted by molar-refractivity contribution is 0.161. The number of anilines is 2. The summed E-state index contributed by atoms with van der Waals surface area (Å²) >= 11 is 0. The van der Waals surface area contributed by atoms with E-state index in [1.165, 1.54) is 23.1 Å². The highest BCUT2D eigenvalue weighted by molar-refractivity contribution is 7.85. The van der Waals surface area contributed by atoms with Gasteiger partial charge >= 0.3 is 0 Å². The van der Waals surface area contributed by atoms with Gasteiger partial charge in [0.15, 0.2) is 5.76 Å². The number of hydrogen-bond donors (Lipinski definition) is 2. The van der Waals surface area contributed by atoms with Gasteiger partial charge < -0.3 is 20.4 Å².